The molecule has 0 spiro atoms. The Kier molecular flexibility index (Phi) is 7.25. The second-order valence-electron chi connectivity index (χ2n) is 4.78. The molecule has 1 rings (SSSR count). The van der Waals surface area contributed by atoms with E-state index in [-0.39, 0.29) is 25.6 Å². The maximum Gasteiger partial charge on any atom is 0.318 e. The van der Waals surface area contributed by atoms with E-state index in [9.17, 15) is 9.59 Å². The zero-order valence-electron chi connectivity index (χ0n) is 12.2. The number of nitrogens with one attached hydrogen (secondary N) is 1. The van der Waals surface area contributed by atoms with Crippen molar-refractivity contribution in [1.82, 2.24) is 10.2 Å². The second-order valence-corrected chi connectivity index (χ2v) is 4.78. The number of carbonyl (C=O) groups is 2. The molecule has 2 amide bonds. The van der Waals surface area contributed by atoms with Gasteiger partial charge in [0.25, 0.3) is 0 Å². The SMILES string of the molecule is CCC(CC(=O)O)NC(=O)N(CCO)Cc1ccccc1. The lowest BCUT2D eigenvalue weighted by molar-refractivity contribution is -0.137. The molecule has 1 unspecified atom stereocenters. The van der Waals surface area contributed by atoms with Crippen molar-refractivity contribution in [2.75, 3.05) is 13.2 Å². The molecule has 1 atom stereocenters. The molecule has 0 heterocycles. The average Bonchev–Trinajstić information content (AvgIpc) is 2.46. The predicted octanol–water partition coefficient (Wildman–Crippen LogP) is 1.44. The van der Waals surface area contributed by atoms with E-state index in [1.54, 1.807) is 0 Å². The third-order valence-electron chi connectivity index (χ3n) is 3.11. The Labute approximate surface area is 124 Å². The quantitative estimate of drug-likeness (QED) is 0.677. The number of hydrogen-bond acceptors (Lipinski definition) is 3. The van der Waals surface area contributed by atoms with Gasteiger partial charge in [-0.25, -0.2) is 4.79 Å². The number of aliphatic hydroxyl groups is 1. The van der Waals surface area contributed by atoms with Gasteiger partial charge < -0.3 is 20.4 Å². The summed E-state index contributed by atoms with van der Waals surface area (Å²) in [5.74, 6) is -0.945. The fraction of sp³-hybridized carbons (Fsp3) is 0.467. The normalized spacial score (nSPS) is 11.7. The molecule has 116 valence electrons. The first-order valence-corrected chi connectivity index (χ1v) is 6.98. The minimum absolute atomic E-state index is 0.111. The minimum Gasteiger partial charge on any atom is -0.481 e. The molecule has 3 N–H and O–H groups in total. The highest BCUT2D eigenvalue weighted by molar-refractivity contribution is 5.76. The van der Waals surface area contributed by atoms with Gasteiger partial charge >= 0.3 is 12.0 Å². The zero-order valence-corrected chi connectivity index (χ0v) is 12.2. The molecule has 0 aliphatic rings. The van der Waals surface area contributed by atoms with Crippen LogP contribution in [0.4, 0.5) is 4.79 Å². The summed E-state index contributed by atoms with van der Waals surface area (Å²) in [5, 5.41) is 20.6. The molecule has 0 aliphatic carbocycles. The Balaban J connectivity index is 2.66. The maximum atomic E-state index is 12.2. The molecule has 0 fully saturated rings. The van der Waals surface area contributed by atoms with Gasteiger partial charge in [0.15, 0.2) is 0 Å². The van der Waals surface area contributed by atoms with Crippen LogP contribution in [0.5, 0.6) is 0 Å². The van der Waals surface area contributed by atoms with Crippen LogP contribution in [-0.4, -0.2) is 46.3 Å². The highest BCUT2D eigenvalue weighted by Gasteiger charge is 2.18. The number of aliphatic carboxylic acids is 1. The molecular formula is C15H22N2O4. The highest BCUT2D eigenvalue weighted by Crippen LogP contribution is 2.06. The number of amides is 2. The summed E-state index contributed by atoms with van der Waals surface area (Å²) < 4.78 is 0. The number of carboxylic acid groups (broad SMARTS) is 1. The first-order valence-electron chi connectivity index (χ1n) is 6.98. The van der Waals surface area contributed by atoms with E-state index in [1.807, 2.05) is 37.3 Å². The molecule has 6 nitrogen and oxygen atoms in total. The van der Waals surface area contributed by atoms with Crippen LogP contribution >= 0.6 is 0 Å². The number of carbonyl (C=O) groups excluding carboxylic acids is 1. The molecule has 6 heteroatoms. The van der Waals surface area contributed by atoms with Crippen LogP contribution in [0.1, 0.15) is 25.3 Å². The van der Waals surface area contributed by atoms with Crippen LogP contribution in [0, 0.1) is 0 Å². The number of benzene rings is 1. The lowest BCUT2D eigenvalue weighted by atomic mass is 10.1. The Bertz CT molecular complexity index is 450. The molecule has 21 heavy (non-hydrogen) atoms. The van der Waals surface area contributed by atoms with Crippen molar-refractivity contribution in [3.05, 3.63) is 35.9 Å². The van der Waals surface area contributed by atoms with Gasteiger partial charge in [0, 0.05) is 19.1 Å². The first-order chi connectivity index (χ1) is 10.1. The van der Waals surface area contributed by atoms with Gasteiger partial charge in [-0.05, 0) is 12.0 Å². The Morgan fingerprint density at radius 2 is 1.95 bits per heavy atom. The van der Waals surface area contributed by atoms with Crippen LogP contribution in [0.25, 0.3) is 0 Å². The fourth-order valence-electron chi connectivity index (χ4n) is 1.95. The van der Waals surface area contributed by atoms with Gasteiger partial charge in [0.05, 0.1) is 13.0 Å². The summed E-state index contributed by atoms with van der Waals surface area (Å²) in [7, 11) is 0. The Hall–Kier alpha value is -2.08. The van der Waals surface area contributed by atoms with E-state index >= 15 is 0 Å². The van der Waals surface area contributed by atoms with Gasteiger partial charge in [0.1, 0.15) is 0 Å². The van der Waals surface area contributed by atoms with E-state index in [0.29, 0.717) is 13.0 Å². The molecule has 1 aromatic rings. The molecule has 0 radical (unpaired) electrons. The summed E-state index contributed by atoms with van der Waals surface area (Å²) in [6.45, 7) is 2.25. The highest BCUT2D eigenvalue weighted by atomic mass is 16.4. The lowest BCUT2D eigenvalue weighted by Crippen LogP contribution is -2.46. The first kappa shape index (κ1) is 17.0. The Morgan fingerprint density at radius 3 is 2.48 bits per heavy atom. The monoisotopic (exact) mass is 294 g/mol. The van der Waals surface area contributed by atoms with Crippen LogP contribution in [0.15, 0.2) is 30.3 Å². The van der Waals surface area contributed by atoms with Gasteiger partial charge in [-0.3, -0.25) is 4.79 Å². The van der Waals surface area contributed by atoms with Crippen LogP contribution in [0.3, 0.4) is 0 Å². The van der Waals surface area contributed by atoms with Crippen molar-refractivity contribution in [2.45, 2.75) is 32.4 Å². The largest absolute Gasteiger partial charge is 0.481 e. The summed E-state index contributed by atoms with van der Waals surface area (Å²) >= 11 is 0. The third-order valence-corrected chi connectivity index (χ3v) is 3.11. The zero-order chi connectivity index (χ0) is 15.7. The third kappa shape index (κ3) is 6.27. The van der Waals surface area contributed by atoms with E-state index < -0.39 is 12.0 Å². The number of nitrogens with zero attached hydrogens (tertiary/aromatic N) is 1. The Morgan fingerprint density at radius 1 is 1.29 bits per heavy atom. The van der Waals surface area contributed by atoms with Crippen LogP contribution < -0.4 is 5.32 Å². The summed E-state index contributed by atoms with van der Waals surface area (Å²) in [4.78, 5) is 24.4. The average molecular weight is 294 g/mol. The minimum atomic E-state index is -0.945. The molecule has 0 aromatic heterocycles. The van der Waals surface area contributed by atoms with Gasteiger partial charge in [-0.2, -0.15) is 0 Å². The van der Waals surface area contributed by atoms with Crippen molar-refractivity contribution >= 4 is 12.0 Å². The maximum absolute atomic E-state index is 12.2. The van der Waals surface area contributed by atoms with Crippen LogP contribution in [-0.2, 0) is 11.3 Å². The lowest BCUT2D eigenvalue weighted by Gasteiger charge is -2.25. The van der Waals surface area contributed by atoms with Gasteiger partial charge in [-0.15, -0.1) is 0 Å². The number of urea groups is 1. The summed E-state index contributed by atoms with van der Waals surface area (Å²) in [6, 6.07) is 8.67. The van der Waals surface area contributed by atoms with Crippen molar-refractivity contribution in [2.24, 2.45) is 0 Å². The summed E-state index contributed by atoms with van der Waals surface area (Å²) in [5.41, 5.74) is 0.951. The molecule has 0 aliphatic heterocycles. The molecule has 0 bridgehead atoms. The van der Waals surface area contributed by atoms with Crippen molar-refractivity contribution < 1.29 is 19.8 Å². The van der Waals surface area contributed by atoms with Crippen molar-refractivity contribution in [3.63, 3.8) is 0 Å². The van der Waals surface area contributed by atoms with Crippen LogP contribution in [0.2, 0.25) is 0 Å². The number of aliphatic hydroxyl groups excluding tert-OH is 1. The molecule has 0 saturated heterocycles. The second kappa shape index (κ2) is 8.97. The smallest absolute Gasteiger partial charge is 0.318 e. The number of hydrogen-bond donors (Lipinski definition) is 3. The van der Waals surface area contributed by atoms with E-state index in [0.717, 1.165) is 5.56 Å². The fourth-order valence-corrected chi connectivity index (χ4v) is 1.95. The standard InChI is InChI=1S/C15H22N2O4/c1-2-13(10-14(19)20)16-15(21)17(8-9-18)11-12-6-4-3-5-7-12/h3-7,13,18H,2,8-11H2,1H3,(H,16,21)(H,19,20). The topological polar surface area (TPSA) is 89.9 Å². The van der Waals surface area contributed by atoms with Crippen molar-refractivity contribution in [1.29, 1.82) is 0 Å². The molecule has 1 aromatic carbocycles. The number of rotatable bonds is 8. The molecular weight excluding hydrogens is 272 g/mol. The van der Waals surface area contributed by atoms with E-state index in [4.69, 9.17) is 10.2 Å². The molecule has 0 saturated carbocycles. The van der Waals surface area contributed by atoms with E-state index in [2.05, 4.69) is 5.32 Å². The van der Waals surface area contributed by atoms with Gasteiger partial charge in [-0.1, -0.05) is 37.3 Å². The predicted molar refractivity (Wildman–Crippen MR) is 78.8 cm³/mol. The summed E-state index contributed by atoms with van der Waals surface area (Å²) in [6.07, 6.45) is 0.427. The van der Waals surface area contributed by atoms with Gasteiger partial charge in [0.2, 0.25) is 0 Å². The number of carboxylic acids is 1. The van der Waals surface area contributed by atoms with E-state index in [1.165, 1.54) is 4.90 Å². The van der Waals surface area contributed by atoms with Crippen molar-refractivity contribution in [3.8, 4) is 0 Å².